The van der Waals surface area contributed by atoms with E-state index in [9.17, 15) is 24.5 Å². The first kappa shape index (κ1) is 21.9. The number of non-ortho nitro benzene ring substituents is 1. The summed E-state index contributed by atoms with van der Waals surface area (Å²) in [6.45, 7) is 0. The Balaban J connectivity index is 1.49. The minimum absolute atomic E-state index is 0.0514. The third-order valence-corrected chi connectivity index (χ3v) is 4.27. The highest BCUT2D eigenvalue weighted by molar-refractivity contribution is 6.04. The molecule has 0 saturated carbocycles. The van der Waals surface area contributed by atoms with Crippen molar-refractivity contribution in [1.29, 1.82) is 0 Å². The molecule has 160 valence electrons. The third kappa shape index (κ3) is 6.10. The van der Waals surface area contributed by atoms with Crippen LogP contribution in [0, 0.1) is 10.1 Å². The van der Waals surface area contributed by atoms with Gasteiger partial charge in [0.2, 0.25) is 0 Å². The van der Waals surface area contributed by atoms with Crippen molar-refractivity contribution in [3.63, 3.8) is 0 Å². The zero-order valence-electron chi connectivity index (χ0n) is 16.6. The molecule has 3 aromatic rings. The summed E-state index contributed by atoms with van der Waals surface area (Å²) < 4.78 is 0. The highest BCUT2D eigenvalue weighted by atomic mass is 16.6. The topological polar surface area (TPSA) is 130 Å². The van der Waals surface area contributed by atoms with Crippen LogP contribution >= 0.6 is 0 Å². The van der Waals surface area contributed by atoms with E-state index in [0.29, 0.717) is 16.8 Å². The fourth-order valence-electron chi connectivity index (χ4n) is 2.61. The first-order chi connectivity index (χ1) is 15.4. The van der Waals surface area contributed by atoms with Crippen LogP contribution in [0.25, 0.3) is 6.08 Å². The summed E-state index contributed by atoms with van der Waals surface area (Å²) in [5.74, 6) is -1.39. The number of anilines is 1. The number of hydrazine groups is 1. The van der Waals surface area contributed by atoms with Crippen molar-refractivity contribution in [3.8, 4) is 0 Å². The first-order valence-electron chi connectivity index (χ1n) is 9.42. The second kappa shape index (κ2) is 10.3. The van der Waals surface area contributed by atoms with Gasteiger partial charge in [-0.2, -0.15) is 0 Å². The van der Waals surface area contributed by atoms with Gasteiger partial charge in [-0.25, -0.2) is 0 Å². The molecule has 9 nitrogen and oxygen atoms in total. The molecule has 0 radical (unpaired) electrons. The first-order valence-corrected chi connectivity index (χ1v) is 9.42. The van der Waals surface area contributed by atoms with Crippen molar-refractivity contribution in [2.24, 2.45) is 0 Å². The Bertz CT molecular complexity index is 1160. The molecule has 0 bridgehead atoms. The van der Waals surface area contributed by atoms with E-state index in [1.807, 2.05) is 6.07 Å². The lowest BCUT2D eigenvalue weighted by Crippen LogP contribution is -2.40. The second-order valence-corrected chi connectivity index (χ2v) is 6.52. The Hall–Kier alpha value is -4.79. The van der Waals surface area contributed by atoms with E-state index in [4.69, 9.17) is 0 Å². The molecule has 32 heavy (non-hydrogen) atoms. The van der Waals surface area contributed by atoms with Gasteiger partial charge in [0.05, 0.1) is 4.92 Å². The predicted octanol–water partition coefficient (Wildman–Crippen LogP) is 3.32. The lowest BCUT2D eigenvalue weighted by atomic mass is 10.1. The second-order valence-electron chi connectivity index (χ2n) is 6.52. The molecule has 9 heteroatoms. The molecule has 0 aromatic heterocycles. The number of nitrogens with one attached hydrogen (secondary N) is 3. The zero-order chi connectivity index (χ0) is 22.9. The third-order valence-electron chi connectivity index (χ3n) is 4.27. The van der Waals surface area contributed by atoms with Gasteiger partial charge in [0.25, 0.3) is 23.4 Å². The van der Waals surface area contributed by atoms with E-state index in [-0.39, 0.29) is 17.2 Å². The van der Waals surface area contributed by atoms with Crippen LogP contribution in [0.1, 0.15) is 26.3 Å². The Morgan fingerprint density at radius 1 is 0.750 bits per heavy atom. The summed E-state index contributed by atoms with van der Waals surface area (Å²) in [6, 6.07) is 20.5. The Labute approximate surface area is 182 Å². The van der Waals surface area contributed by atoms with E-state index in [2.05, 4.69) is 16.2 Å². The predicted molar refractivity (Wildman–Crippen MR) is 119 cm³/mol. The molecule has 0 spiro atoms. The number of carbonyl (C=O) groups is 3. The number of rotatable bonds is 6. The number of hydrogen-bond donors (Lipinski definition) is 3. The molecule has 0 aliphatic heterocycles. The summed E-state index contributed by atoms with van der Waals surface area (Å²) in [7, 11) is 0. The summed E-state index contributed by atoms with van der Waals surface area (Å²) in [6.07, 6.45) is 2.64. The van der Waals surface area contributed by atoms with E-state index in [1.165, 1.54) is 48.6 Å². The number of nitro benzene ring substituents is 1. The number of benzene rings is 3. The summed E-state index contributed by atoms with van der Waals surface area (Å²) in [5.41, 5.74) is 6.37. The van der Waals surface area contributed by atoms with Crippen molar-refractivity contribution < 1.29 is 19.3 Å². The lowest BCUT2D eigenvalue weighted by Gasteiger charge is -2.08. The van der Waals surface area contributed by atoms with Gasteiger partial charge < -0.3 is 5.32 Å². The number of carbonyl (C=O) groups excluding carboxylic acids is 3. The van der Waals surface area contributed by atoms with E-state index in [0.717, 1.165) is 0 Å². The van der Waals surface area contributed by atoms with E-state index in [1.54, 1.807) is 36.4 Å². The molecule has 0 fully saturated rings. The van der Waals surface area contributed by atoms with Crippen LogP contribution < -0.4 is 16.2 Å². The monoisotopic (exact) mass is 430 g/mol. The SMILES string of the molecule is O=C(/C=C/c1ccc([N+](=O)[O-])cc1)NNC(=O)c1ccc(NC(=O)c2ccccc2)cc1. The summed E-state index contributed by atoms with van der Waals surface area (Å²) in [4.78, 5) is 46.3. The quantitative estimate of drug-likeness (QED) is 0.314. The van der Waals surface area contributed by atoms with Gasteiger partial charge in [0.1, 0.15) is 0 Å². The number of amides is 3. The van der Waals surface area contributed by atoms with Crippen molar-refractivity contribution in [2.45, 2.75) is 0 Å². The fourth-order valence-corrected chi connectivity index (χ4v) is 2.61. The average molecular weight is 430 g/mol. The Morgan fingerprint density at radius 3 is 2.00 bits per heavy atom. The molecule has 0 aliphatic carbocycles. The van der Waals surface area contributed by atoms with Gasteiger partial charge in [-0.15, -0.1) is 0 Å². The van der Waals surface area contributed by atoms with Crippen molar-refractivity contribution >= 4 is 35.2 Å². The average Bonchev–Trinajstić information content (AvgIpc) is 2.82. The number of nitro groups is 1. The molecule has 0 atom stereocenters. The summed E-state index contributed by atoms with van der Waals surface area (Å²) in [5, 5.41) is 13.4. The van der Waals surface area contributed by atoms with Gasteiger partial charge in [-0.3, -0.25) is 35.3 Å². The van der Waals surface area contributed by atoms with Gasteiger partial charge >= 0.3 is 0 Å². The van der Waals surface area contributed by atoms with Crippen LogP contribution in [0.15, 0.2) is 84.9 Å². The molecule has 3 amide bonds. The van der Waals surface area contributed by atoms with Crippen LogP contribution in [-0.2, 0) is 4.79 Å². The van der Waals surface area contributed by atoms with Gasteiger partial charge in [-0.1, -0.05) is 18.2 Å². The van der Waals surface area contributed by atoms with E-state index >= 15 is 0 Å². The van der Waals surface area contributed by atoms with Crippen LogP contribution in [0.4, 0.5) is 11.4 Å². The maximum absolute atomic E-state index is 12.2. The molecule has 0 saturated heterocycles. The van der Waals surface area contributed by atoms with Crippen molar-refractivity contribution in [3.05, 3.63) is 112 Å². The maximum Gasteiger partial charge on any atom is 0.269 e. The molecule has 3 N–H and O–H groups in total. The number of nitrogens with zero attached hydrogens (tertiary/aromatic N) is 1. The molecule has 3 aromatic carbocycles. The van der Waals surface area contributed by atoms with Crippen LogP contribution in [0.2, 0.25) is 0 Å². The maximum atomic E-state index is 12.2. The smallest absolute Gasteiger partial charge is 0.269 e. The Kier molecular flexibility index (Phi) is 7.05. The normalized spacial score (nSPS) is 10.4. The molecular formula is C23H18N4O5. The van der Waals surface area contributed by atoms with Gasteiger partial charge in [-0.05, 0) is 60.2 Å². The highest BCUT2D eigenvalue weighted by Gasteiger charge is 2.09. The minimum Gasteiger partial charge on any atom is -0.322 e. The lowest BCUT2D eigenvalue weighted by molar-refractivity contribution is -0.384. The highest BCUT2D eigenvalue weighted by Crippen LogP contribution is 2.13. The number of hydrogen-bond acceptors (Lipinski definition) is 5. The van der Waals surface area contributed by atoms with E-state index < -0.39 is 16.7 Å². The molecule has 0 heterocycles. The zero-order valence-corrected chi connectivity index (χ0v) is 16.6. The standard InChI is InChI=1S/C23H18N4O5/c28-21(15-8-16-6-13-20(14-7-16)27(31)32)25-26-23(30)18-9-11-19(12-10-18)24-22(29)17-4-2-1-3-5-17/h1-15H,(H,24,29)(H,25,28)(H,26,30)/b15-8+. The largest absolute Gasteiger partial charge is 0.322 e. The molecule has 3 rings (SSSR count). The van der Waals surface area contributed by atoms with Crippen LogP contribution in [0.5, 0.6) is 0 Å². The van der Waals surface area contributed by atoms with Crippen molar-refractivity contribution in [1.82, 2.24) is 10.9 Å². The molecule has 0 aliphatic rings. The fraction of sp³-hybridized carbons (Fsp3) is 0. The van der Waals surface area contributed by atoms with Gasteiger partial charge in [0, 0.05) is 35.0 Å². The van der Waals surface area contributed by atoms with Crippen molar-refractivity contribution in [2.75, 3.05) is 5.32 Å². The molecular weight excluding hydrogens is 412 g/mol. The van der Waals surface area contributed by atoms with Crippen LogP contribution in [-0.4, -0.2) is 22.6 Å². The molecule has 0 unspecified atom stereocenters. The Morgan fingerprint density at radius 2 is 1.38 bits per heavy atom. The van der Waals surface area contributed by atoms with Crippen LogP contribution in [0.3, 0.4) is 0 Å². The van der Waals surface area contributed by atoms with Gasteiger partial charge in [0.15, 0.2) is 0 Å². The summed E-state index contributed by atoms with van der Waals surface area (Å²) >= 11 is 0. The minimum atomic E-state index is -0.580.